The first-order valence-corrected chi connectivity index (χ1v) is 5.46. The van der Waals surface area contributed by atoms with Crippen LogP contribution in [0.5, 0.6) is 0 Å². The average Bonchev–Trinajstić information content (AvgIpc) is 2.78. The molecule has 1 fully saturated rings. The first-order valence-electron chi connectivity index (χ1n) is 5.46. The third-order valence-electron chi connectivity index (χ3n) is 2.85. The highest BCUT2D eigenvalue weighted by molar-refractivity contribution is 5.92. The van der Waals surface area contributed by atoms with Gasteiger partial charge in [-0.3, -0.25) is 4.79 Å². The summed E-state index contributed by atoms with van der Waals surface area (Å²) in [7, 11) is 0. The smallest absolute Gasteiger partial charge is 0.200 e. The highest BCUT2D eigenvalue weighted by atomic mass is 16.1. The Kier molecular flexibility index (Phi) is 3.11. The summed E-state index contributed by atoms with van der Waals surface area (Å²) in [5, 5.41) is 11.0. The van der Waals surface area contributed by atoms with Gasteiger partial charge in [0.2, 0.25) is 0 Å². The Hall–Kier alpha value is -1.23. The highest BCUT2D eigenvalue weighted by Gasteiger charge is 2.20. The molecule has 2 rings (SSSR count). The van der Waals surface area contributed by atoms with Gasteiger partial charge >= 0.3 is 0 Å². The molecule has 1 aromatic rings. The van der Waals surface area contributed by atoms with Crippen LogP contribution >= 0.6 is 0 Å². The number of nitrogens with one attached hydrogen (secondary N) is 1. The zero-order valence-corrected chi connectivity index (χ0v) is 8.94. The minimum Gasteiger partial charge on any atom is -0.317 e. The van der Waals surface area contributed by atoms with E-state index < -0.39 is 0 Å². The molecule has 0 spiro atoms. The lowest BCUT2D eigenvalue weighted by molar-refractivity contribution is 0.0970. The number of nitrogens with zero attached hydrogens (tertiary/aromatic N) is 3. The fourth-order valence-corrected chi connectivity index (χ4v) is 1.95. The minimum absolute atomic E-state index is 0.0750. The van der Waals surface area contributed by atoms with Gasteiger partial charge in [-0.1, -0.05) is 6.92 Å². The Bertz CT molecular complexity index is 341. The lowest BCUT2D eigenvalue weighted by atomic mass is 10.1. The quantitative estimate of drug-likeness (QED) is 0.746. The van der Waals surface area contributed by atoms with Gasteiger partial charge in [-0.05, 0) is 25.9 Å². The van der Waals surface area contributed by atoms with Crippen LogP contribution in [0.15, 0.2) is 6.33 Å². The topological polar surface area (TPSA) is 59.8 Å². The molecule has 0 saturated carbocycles. The normalized spacial score (nSPS) is 17.9. The molecule has 5 nitrogen and oxygen atoms in total. The van der Waals surface area contributed by atoms with Gasteiger partial charge in [0, 0.05) is 12.5 Å². The van der Waals surface area contributed by atoms with E-state index >= 15 is 0 Å². The third-order valence-corrected chi connectivity index (χ3v) is 2.85. The van der Waals surface area contributed by atoms with Gasteiger partial charge in [0.25, 0.3) is 0 Å². The van der Waals surface area contributed by atoms with E-state index in [2.05, 4.69) is 15.5 Å². The summed E-state index contributed by atoms with van der Waals surface area (Å²) in [6.45, 7) is 3.86. The lowest BCUT2D eigenvalue weighted by Gasteiger charge is -2.24. The Labute approximate surface area is 88.9 Å². The van der Waals surface area contributed by atoms with E-state index in [9.17, 15) is 4.79 Å². The summed E-state index contributed by atoms with van der Waals surface area (Å²) in [5.41, 5.74) is 0. The van der Waals surface area contributed by atoms with E-state index in [0.717, 1.165) is 25.9 Å². The molecule has 1 N–H and O–H groups in total. The van der Waals surface area contributed by atoms with Crippen LogP contribution in [0.25, 0.3) is 0 Å². The van der Waals surface area contributed by atoms with E-state index in [1.165, 1.54) is 0 Å². The maximum absolute atomic E-state index is 11.6. The molecular weight excluding hydrogens is 192 g/mol. The average molecular weight is 208 g/mol. The Morgan fingerprint density at radius 1 is 1.60 bits per heavy atom. The van der Waals surface area contributed by atoms with Gasteiger partial charge < -0.3 is 9.88 Å². The van der Waals surface area contributed by atoms with E-state index in [1.807, 2.05) is 11.5 Å². The molecule has 0 amide bonds. The molecular formula is C10H16N4O. The molecule has 1 saturated heterocycles. The molecule has 0 radical (unpaired) electrons. The molecule has 1 aliphatic heterocycles. The van der Waals surface area contributed by atoms with Crippen LogP contribution in [-0.2, 0) is 0 Å². The lowest BCUT2D eigenvalue weighted by Crippen LogP contribution is -2.30. The molecule has 0 aliphatic carbocycles. The van der Waals surface area contributed by atoms with Gasteiger partial charge in [0.1, 0.15) is 6.33 Å². The summed E-state index contributed by atoms with van der Waals surface area (Å²) in [4.78, 5) is 11.6. The van der Waals surface area contributed by atoms with Crippen molar-refractivity contribution in [3.63, 3.8) is 0 Å². The Morgan fingerprint density at radius 3 is 3.00 bits per heavy atom. The van der Waals surface area contributed by atoms with Crippen molar-refractivity contribution in [3.05, 3.63) is 12.2 Å². The number of hydrogen-bond donors (Lipinski definition) is 1. The molecule has 5 heteroatoms. The molecule has 0 aromatic carbocycles. The highest BCUT2D eigenvalue weighted by Crippen LogP contribution is 2.19. The van der Waals surface area contributed by atoms with Crippen LogP contribution < -0.4 is 5.32 Å². The van der Waals surface area contributed by atoms with E-state index in [0.29, 0.717) is 18.3 Å². The van der Waals surface area contributed by atoms with Crippen molar-refractivity contribution in [2.45, 2.75) is 32.2 Å². The van der Waals surface area contributed by atoms with E-state index in [4.69, 9.17) is 0 Å². The molecule has 1 aliphatic rings. The van der Waals surface area contributed by atoms with Crippen molar-refractivity contribution in [1.29, 1.82) is 0 Å². The number of rotatable bonds is 3. The van der Waals surface area contributed by atoms with Crippen molar-refractivity contribution in [2.24, 2.45) is 0 Å². The Morgan fingerprint density at radius 2 is 2.33 bits per heavy atom. The number of carbonyl (C=O) groups is 1. The monoisotopic (exact) mass is 208 g/mol. The Balaban J connectivity index is 2.19. The second-order valence-electron chi connectivity index (χ2n) is 3.82. The van der Waals surface area contributed by atoms with Gasteiger partial charge in [0.15, 0.2) is 11.6 Å². The summed E-state index contributed by atoms with van der Waals surface area (Å²) < 4.78 is 1.94. The number of Topliss-reactive ketones (excluding diaryl/α,β-unsaturated/α-hetero) is 1. The van der Waals surface area contributed by atoms with Gasteiger partial charge in [0.05, 0.1) is 0 Å². The number of carbonyl (C=O) groups excluding carboxylic acids is 1. The van der Waals surface area contributed by atoms with Gasteiger partial charge in [-0.15, -0.1) is 10.2 Å². The molecule has 0 atom stereocenters. The van der Waals surface area contributed by atoms with Gasteiger partial charge in [-0.2, -0.15) is 0 Å². The number of piperidine rings is 1. The number of aromatic nitrogens is 3. The van der Waals surface area contributed by atoms with Crippen molar-refractivity contribution in [2.75, 3.05) is 13.1 Å². The second-order valence-corrected chi connectivity index (χ2v) is 3.82. The first-order chi connectivity index (χ1) is 7.33. The summed E-state index contributed by atoms with van der Waals surface area (Å²) in [5.74, 6) is 0.593. The fraction of sp³-hybridized carbons (Fsp3) is 0.700. The van der Waals surface area contributed by atoms with Gasteiger partial charge in [-0.25, -0.2) is 0 Å². The molecule has 82 valence electrons. The maximum atomic E-state index is 11.6. The zero-order valence-electron chi connectivity index (χ0n) is 8.94. The number of hydrogen-bond acceptors (Lipinski definition) is 4. The maximum Gasteiger partial charge on any atom is 0.200 e. The predicted octanol–water partition coefficient (Wildman–Crippen LogP) is 0.795. The number of ketones is 1. The van der Waals surface area contributed by atoms with Crippen LogP contribution in [0.4, 0.5) is 0 Å². The van der Waals surface area contributed by atoms with Crippen molar-refractivity contribution in [1.82, 2.24) is 20.1 Å². The standard InChI is InChI=1S/C10H16N4O/c1-2-9(15)10-13-12-7-14(10)8-3-5-11-6-4-8/h7-8,11H,2-6H2,1H3. The van der Waals surface area contributed by atoms with Crippen molar-refractivity contribution < 1.29 is 4.79 Å². The minimum atomic E-state index is 0.0750. The van der Waals surface area contributed by atoms with Crippen LogP contribution in [0.3, 0.4) is 0 Å². The molecule has 2 heterocycles. The van der Waals surface area contributed by atoms with Crippen LogP contribution in [-0.4, -0.2) is 33.6 Å². The summed E-state index contributed by atoms with van der Waals surface area (Å²) >= 11 is 0. The van der Waals surface area contributed by atoms with Crippen LogP contribution in [0, 0.1) is 0 Å². The molecule has 0 bridgehead atoms. The van der Waals surface area contributed by atoms with Crippen molar-refractivity contribution >= 4 is 5.78 Å². The predicted molar refractivity (Wildman–Crippen MR) is 55.8 cm³/mol. The SMILES string of the molecule is CCC(=O)c1nncn1C1CCNCC1. The summed E-state index contributed by atoms with van der Waals surface area (Å²) in [6, 6.07) is 0.381. The third kappa shape index (κ3) is 2.07. The fourth-order valence-electron chi connectivity index (χ4n) is 1.95. The van der Waals surface area contributed by atoms with E-state index in [-0.39, 0.29) is 5.78 Å². The van der Waals surface area contributed by atoms with E-state index in [1.54, 1.807) is 6.33 Å². The van der Waals surface area contributed by atoms with Crippen molar-refractivity contribution in [3.8, 4) is 0 Å². The van der Waals surface area contributed by atoms with Crippen LogP contribution in [0.2, 0.25) is 0 Å². The summed E-state index contributed by atoms with van der Waals surface area (Å²) in [6.07, 6.45) is 4.26. The molecule has 1 aromatic heterocycles. The zero-order chi connectivity index (χ0) is 10.7. The van der Waals surface area contributed by atoms with Crippen LogP contribution in [0.1, 0.15) is 42.8 Å². The molecule has 15 heavy (non-hydrogen) atoms. The largest absolute Gasteiger partial charge is 0.317 e. The molecule has 0 unspecified atom stereocenters. The first kappa shape index (κ1) is 10.3. The second kappa shape index (κ2) is 4.53.